The van der Waals surface area contributed by atoms with Crippen LogP contribution in [0, 0.1) is 6.92 Å². The van der Waals surface area contributed by atoms with E-state index in [4.69, 9.17) is 15.2 Å². The van der Waals surface area contributed by atoms with Gasteiger partial charge in [-0.05, 0) is 41.8 Å². The molecule has 0 saturated carbocycles. The van der Waals surface area contributed by atoms with E-state index in [0.717, 1.165) is 21.4 Å². The number of halogens is 2. The van der Waals surface area contributed by atoms with Gasteiger partial charge in [0.15, 0.2) is 11.5 Å². The molecule has 10 heteroatoms. The Labute approximate surface area is 171 Å². The fraction of sp³-hybridized carbons (Fsp3) is 0.211. The Balaban J connectivity index is 0.00000240. The summed E-state index contributed by atoms with van der Waals surface area (Å²) in [5.74, 6) is 1.86. The molecule has 152 valence electrons. The molecule has 2 N–H and O–H groups in total. The van der Waals surface area contributed by atoms with Crippen LogP contribution in [0.15, 0.2) is 53.5 Å². The molecule has 0 fully saturated rings. The smallest absolute Gasteiger partial charge is 0.351 e. The van der Waals surface area contributed by atoms with E-state index in [1.165, 1.54) is 10.9 Å². The third-order valence-electron chi connectivity index (χ3n) is 4.49. The molecular formula is C19H19ClFN5O3. The van der Waals surface area contributed by atoms with Crippen LogP contribution in [0.5, 0.6) is 11.5 Å². The van der Waals surface area contributed by atoms with Crippen molar-refractivity contribution in [3.63, 3.8) is 0 Å². The molecule has 1 aliphatic rings. The third-order valence-corrected chi connectivity index (χ3v) is 4.49. The first-order chi connectivity index (χ1) is 13.6. The van der Waals surface area contributed by atoms with Crippen LogP contribution >= 0.6 is 12.4 Å². The van der Waals surface area contributed by atoms with Crippen molar-refractivity contribution in [1.82, 2.24) is 19.3 Å². The van der Waals surface area contributed by atoms with Crippen molar-refractivity contribution in [3.8, 4) is 28.4 Å². The summed E-state index contributed by atoms with van der Waals surface area (Å²) in [6.07, 6.45) is 3.44. The maximum atomic E-state index is 12.7. The number of hydrogen-bond donors (Lipinski definition) is 1. The van der Waals surface area contributed by atoms with Crippen LogP contribution in [0.1, 0.15) is 5.56 Å². The average Bonchev–Trinajstić information content (AvgIpc) is 3.32. The van der Waals surface area contributed by atoms with Crippen molar-refractivity contribution in [3.05, 3.63) is 64.7 Å². The number of pyridine rings is 1. The Bertz CT molecular complexity index is 1130. The summed E-state index contributed by atoms with van der Waals surface area (Å²) in [5, 5.41) is 4.02. The van der Waals surface area contributed by atoms with Crippen LogP contribution in [0.3, 0.4) is 0 Å². The van der Waals surface area contributed by atoms with Crippen LogP contribution in [0.25, 0.3) is 16.9 Å². The molecule has 2 aromatic heterocycles. The van der Waals surface area contributed by atoms with Gasteiger partial charge in [0.1, 0.15) is 12.1 Å². The van der Waals surface area contributed by atoms with Gasteiger partial charge in [0.25, 0.3) is 0 Å². The van der Waals surface area contributed by atoms with E-state index in [0.29, 0.717) is 23.6 Å². The SMILES string of the molecule is Cc1cc(-c2ccc3c(c2)OCO3)cnc1-n1cnn(C/C(=C/F)CN)c1=O.Cl. The summed E-state index contributed by atoms with van der Waals surface area (Å²) in [7, 11) is 0. The first-order valence-electron chi connectivity index (χ1n) is 8.60. The van der Waals surface area contributed by atoms with E-state index < -0.39 is 5.69 Å². The fourth-order valence-corrected chi connectivity index (χ4v) is 2.98. The molecule has 0 unspecified atom stereocenters. The molecular weight excluding hydrogens is 401 g/mol. The van der Waals surface area contributed by atoms with Gasteiger partial charge in [-0.3, -0.25) is 0 Å². The predicted octanol–water partition coefficient (Wildman–Crippen LogP) is 2.37. The molecule has 1 aliphatic heterocycles. The van der Waals surface area contributed by atoms with Gasteiger partial charge < -0.3 is 15.2 Å². The van der Waals surface area contributed by atoms with Gasteiger partial charge in [0.05, 0.1) is 12.9 Å². The van der Waals surface area contributed by atoms with Crippen molar-refractivity contribution in [2.45, 2.75) is 13.5 Å². The zero-order valence-corrected chi connectivity index (χ0v) is 16.4. The molecule has 0 amide bonds. The lowest BCUT2D eigenvalue weighted by atomic mass is 10.1. The zero-order chi connectivity index (χ0) is 19.7. The van der Waals surface area contributed by atoms with E-state index in [2.05, 4.69) is 10.1 Å². The topological polar surface area (TPSA) is 97.2 Å². The number of fused-ring (bicyclic) bond motifs is 1. The van der Waals surface area contributed by atoms with Crippen molar-refractivity contribution in [2.75, 3.05) is 13.3 Å². The largest absolute Gasteiger partial charge is 0.454 e. The van der Waals surface area contributed by atoms with E-state index in [9.17, 15) is 9.18 Å². The van der Waals surface area contributed by atoms with Gasteiger partial charge >= 0.3 is 5.69 Å². The lowest BCUT2D eigenvalue weighted by Crippen LogP contribution is -2.26. The minimum Gasteiger partial charge on any atom is -0.454 e. The van der Waals surface area contributed by atoms with Gasteiger partial charge in [0.2, 0.25) is 6.79 Å². The Hall–Kier alpha value is -3.17. The standard InChI is InChI=1S/C19H18FN5O3.ClH/c1-12-4-15(14-2-3-16-17(5-14)28-11-27-16)8-22-18(12)24-10-23-25(19(24)26)9-13(6-20)7-21;/h2-6,8,10H,7,9,11,21H2,1H3;1H/b13-6+;. The second kappa shape index (κ2) is 8.46. The molecule has 3 aromatic rings. The van der Waals surface area contributed by atoms with Crippen LogP contribution in [0.4, 0.5) is 4.39 Å². The summed E-state index contributed by atoms with van der Waals surface area (Å²) < 4.78 is 25.9. The maximum absolute atomic E-state index is 12.7. The highest BCUT2D eigenvalue weighted by atomic mass is 35.5. The van der Waals surface area contributed by atoms with Crippen LogP contribution in [-0.2, 0) is 6.54 Å². The Morgan fingerprint density at radius 3 is 2.79 bits per heavy atom. The molecule has 1 aromatic carbocycles. The van der Waals surface area contributed by atoms with Gasteiger partial charge in [-0.1, -0.05) is 6.07 Å². The molecule has 29 heavy (non-hydrogen) atoms. The molecule has 4 rings (SSSR count). The predicted molar refractivity (Wildman–Crippen MR) is 107 cm³/mol. The Morgan fingerprint density at radius 2 is 2.07 bits per heavy atom. The first kappa shape index (κ1) is 20.6. The van der Waals surface area contributed by atoms with Gasteiger partial charge in [-0.15, -0.1) is 12.4 Å². The van der Waals surface area contributed by atoms with E-state index in [1.54, 1.807) is 6.20 Å². The Morgan fingerprint density at radius 1 is 1.28 bits per heavy atom. The van der Waals surface area contributed by atoms with Crippen molar-refractivity contribution in [2.24, 2.45) is 5.73 Å². The summed E-state index contributed by atoms with van der Waals surface area (Å²) in [5.41, 5.74) is 7.89. The van der Waals surface area contributed by atoms with Gasteiger partial charge in [-0.25, -0.2) is 23.4 Å². The molecule has 0 radical (unpaired) electrons. The second-order valence-corrected chi connectivity index (χ2v) is 6.35. The highest BCUT2D eigenvalue weighted by Gasteiger charge is 2.16. The summed E-state index contributed by atoms with van der Waals surface area (Å²) >= 11 is 0. The zero-order valence-electron chi connectivity index (χ0n) is 15.5. The lowest BCUT2D eigenvalue weighted by molar-refractivity contribution is 0.174. The van der Waals surface area contributed by atoms with Gasteiger partial charge in [0, 0.05) is 18.3 Å². The summed E-state index contributed by atoms with van der Waals surface area (Å²) in [6, 6.07) is 7.59. The highest BCUT2D eigenvalue weighted by molar-refractivity contribution is 5.85. The average molecular weight is 420 g/mol. The third kappa shape index (κ3) is 3.87. The number of rotatable bonds is 5. The second-order valence-electron chi connectivity index (χ2n) is 6.35. The van der Waals surface area contributed by atoms with Crippen molar-refractivity contribution in [1.29, 1.82) is 0 Å². The number of hydrogen-bond acceptors (Lipinski definition) is 6. The molecule has 0 spiro atoms. The summed E-state index contributed by atoms with van der Waals surface area (Å²) in [4.78, 5) is 17.0. The molecule has 0 aliphatic carbocycles. The summed E-state index contributed by atoms with van der Waals surface area (Å²) in [6.45, 7) is 2.07. The van der Waals surface area contributed by atoms with Crippen molar-refractivity contribution >= 4 is 12.4 Å². The highest BCUT2D eigenvalue weighted by Crippen LogP contribution is 2.36. The number of benzene rings is 1. The molecule has 0 bridgehead atoms. The molecule has 8 nitrogen and oxygen atoms in total. The number of ether oxygens (including phenoxy) is 2. The lowest BCUT2D eigenvalue weighted by Gasteiger charge is -2.08. The van der Waals surface area contributed by atoms with E-state index in [-0.39, 0.29) is 37.9 Å². The molecule has 3 heterocycles. The van der Waals surface area contributed by atoms with Crippen molar-refractivity contribution < 1.29 is 13.9 Å². The van der Waals surface area contributed by atoms with Gasteiger partial charge in [-0.2, -0.15) is 5.10 Å². The number of nitrogens with zero attached hydrogens (tertiary/aromatic N) is 4. The van der Waals surface area contributed by atoms with Crippen LogP contribution < -0.4 is 20.9 Å². The van der Waals surface area contributed by atoms with Crippen LogP contribution in [0.2, 0.25) is 0 Å². The number of nitrogens with two attached hydrogens (primary N) is 1. The van der Waals surface area contributed by atoms with E-state index >= 15 is 0 Å². The molecule has 0 atom stereocenters. The van der Waals surface area contributed by atoms with E-state index in [1.807, 2.05) is 31.2 Å². The minimum absolute atomic E-state index is 0. The minimum atomic E-state index is -0.417. The molecule has 0 saturated heterocycles. The normalized spacial score (nSPS) is 12.7. The fourth-order valence-electron chi connectivity index (χ4n) is 2.98. The maximum Gasteiger partial charge on any atom is 0.351 e. The van der Waals surface area contributed by atoms with Crippen LogP contribution in [-0.4, -0.2) is 32.7 Å². The monoisotopic (exact) mass is 419 g/mol. The number of aromatic nitrogens is 4. The number of aryl methyl sites for hydroxylation is 1. The Kier molecular flexibility index (Phi) is 6.00. The quantitative estimate of drug-likeness (QED) is 0.681. The first-order valence-corrected chi connectivity index (χ1v) is 8.60.